The molecule has 0 unspecified atom stereocenters. The quantitative estimate of drug-likeness (QED) is 0.754. The smallest absolute Gasteiger partial charge is 0.283 e. The summed E-state index contributed by atoms with van der Waals surface area (Å²) in [6, 6.07) is 7.44. The molecule has 1 aliphatic heterocycles. The molecule has 2 rings (SSSR count). The van der Waals surface area contributed by atoms with Gasteiger partial charge < -0.3 is 20.3 Å². The predicted octanol–water partition coefficient (Wildman–Crippen LogP) is 2.33. The summed E-state index contributed by atoms with van der Waals surface area (Å²) in [4.78, 5) is 11.4. The summed E-state index contributed by atoms with van der Waals surface area (Å²) in [6.07, 6.45) is 3.20. The lowest BCUT2D eigenvalue weighted by molar-refractivity contribution is -0.144. The molecule has 1 aliphatic rings. The maximum Gasteiger partial charge on any atom is 0.283 e. The van der Waals surface area contributed by atoms with E-state index < -0.39 is 12.2 Å². The first-order valence-corrected chi connectivity index (χ1v) is 7.64. The molecule has 1 heterocycles. The van der Waals surface area contributed by atoms with E-state index in [0.29, 0.717) is 24.5 Å². The van der Waals surface area contributed by atoms with E-state index >= 15 is 0 Å². The van der Waals surface area contributed by atoms with Crippen LogP contribution in [0.3, 0.4) is 0 Å². The summed E-state index contributed by atoms with van der Waals surface area (Å²) in [5, 5.41) is 9.42. The number of primary amides is 1. The number of carbonyl (C=O) groups is 1. The lowest BCUT2D eigenvalue weighted by Gasteiger charge is -2.28. The van der Waals surface area contributed by atoms with Gasteiger partial charge in [-0.25, -0.2) is 0 Å². The van der Waals surface area contributed by atoms with Gasteiger partial charge >= 0.3 is 0 Å². The highest BCUT2D eigenvalue weighted by Crippen LogP contribution is 2.31. The number of hydrogen-bond acceptors (Lipinski definition) is 4. The van der Waals surface area contributed by atoms with Crippen LogP contribution < -0.4 is 5.73 Å². The topological polar surface area (TPSA) is 81.8 Å². The highest BCUT2D eigenvalue weighted by Gasteiger charge is 2.27. The molecule has 3 N–H and O–H groups in total. The van der Waals surface area contributed by atoms with Crippen LogP contribution in [-0.2, 0) is 14.3 Å². The first-order valence-electron chi connectivity index (χ1n) is 7.26. The number of unbranched alkanes of at least 4 members (excludes halogenated alkanes) is 1. The summed E-state index contributed by atoms with van der Waals surface area (Å²) >= 11 is 5.90. The largest absolute Gasteiger partial charge is 0.459 e. The van der Waals surface area contributed by atoms with Gasteiger partial charge in [0, 0.05) is 24.0 Å². The molecule has 0 saturated carbocycles. The minimum Gasteiger partial charge on any atom is -0.459 e. The monoisotopic (exact) mass is 325 g/mol. The van der Waals surface area contributed by atoms with Crippen LogP contribution in [0.25, 0.3) is 0 Å². The Morgan fingerprint density at radius 2 is 2.09 bits per heavy atom. The van der Waals surface area contributed by atoms with Gasteiger partial charge in [-0.2, -0.15) is 0 Å². The number of nitrogens with two attached hydrogens (primary N) is 1. The van der Waals surface area contributed by atoms with Crippen LogP contribution in [0.4, 0.5) is 0 Å². The van der Waals surface area contributed by atoms with Gasteiger partial charge in [0.25, 0.3) is 5.91 Å². The first-order chi connectivity index (χ1) is 10.6. The number of ether oxygens (including phenoxy) is 2. The highest BCUT2D eigenvalue weighted by atomic mass is 35.5. The van der Waals surface area contributed by atoms with Crippen LogP contribution in [0.1, 0.15) is 30.7 Å². The lowest BCUT2D eigenvalue weighted by Crippen LogP contribution is -2.29. The third kappa shape index (κ3) is 4.73. The Morgan fingerprint density at radius 3 is 2.73 bits per heavy atom. The third-order valence-corrected chi connectivity index (χ3v) is 3.71. The molecule has 22 heavy (non-hydrogen) atoms. The molecule has 0 aromatic heterocycles. The van der Waals surface area contributed by atoms with E-state index in [1.54, 1.807) is 18.2 Å². The van der Waals surface area contributed by atoms with Gasteiger partial charge in [-0.15, -0.1) is 0 Å². The van der Waals surface area contributed by atoms with E-state index in [2.05, 4.69) is 0 Å². The van der Waals surface area contributed by atoms with Gasteiger partial charge in [0.15, 0.2) is 5.76 Å². The summed E-state index contributed by atoms with van der Waals surface area (Å²) < 4.78 is 11.1. The molecule has 0 saturated heterocycles. The van der Waals surface area contributed by atoms with Gasteiger partial charge in [-0.3, -0.25) is 4.79 Å². The van der Waals surface area contributed by atoms with Crippen LogP contribution >= 0.6 is 11.6 Å². The number of rotatable bonds is 7. The minimum atomic E-state index is -0.609. The van der Waals surface area contributed by atoms with Crippen molar-refractivity contribution in [2.24, 2.45) is 5.73 Å². The Morgan fingerprint density at radius 1 is 1.36 bits per heavy atom. The van der Waals surface area contributed by atoms with E-state index in [0.717, 1.165) is 12.0 Å². The number of hydrogen-bond donors (Lipinski definition) is 2. The van der Waals surface area contributed by atoms with Crippen LogP contribution in [0.5, 0.6) is 0 Å². The number of amides is 1. The molecule has 0 bridgehead atoms. The summed E-state index contributed by atoms with van der Waals surface area (Å²) in [6.45, 7) is 0.597. The van der Waals surface area contributed by atoms with Crippen LogP contribution in [0.15, 0.2) is 36.1 Å². The van der Waals surface area contributed by atoms with Crippen molar-refractivity contribution >= 4 is 17.5 Å². The molecule has 5 nitrogen and oxygen atoms in total. The molecular weight excluding hydrogens is 306 g/mol. The normalized spacial score (nSPS) is 21.1. The van der Waals surface area contributed by atoms with E-state index in [4.69, 9.17) is 31.9 Å². The molecule has 6 heteroatoms. The van der Waals surface area contributed by atoms with Crippen molar-refractivity contribution in [3.05, 3.63) is 46.7 Å². The van der Waals surface area contributed by atoms with Crippen LogP contribution in [0, 0.1) is 0 Å². The highest BCUT2D eigenvalue weighted by molar-refractivity contribution is 6.30. The molecule has 0 aliphatic carbocycles. The zero-order chi connectivity index (χ0) is 15.9. The molecule has 1 aromatic rings. The van der Waals surface area contributed by atoms with Crippen molar-refractivity contribution in [3.8, 4) is 0 Å². The Balaban J connectivity index is 2.06. The van der Waals surface area contributed by atoms with Crippen molar-refractivity contribution in [1.82, 2.24) is 0 Å². The van der Waals surface area contributed by atoms with Gasteiger partial charge in [0.05, 0.1) is 6.61 Å². The van der Waals surface area contributed by atoms with Gasteiger partial charge in [-0.1, -0.05) is 23.7 Å². The van der Waals surface area contributed by atoms with E-state index in [1.165, 1.54) is 0 Å². The summed E-state index contributed by atoms with van der Waals surface area (Å²) in [5.74, 6) is -0.502. The number of allylic oxidation sites excluding steroid dienone is 1. The van der Waals surface area contributed by atoms with Gasteiger partial charge in [0.1, 0.15) is 0 Å². The van der Waals surface area contributed by atoms with Gasteiger partial charge in [0.2, 0.25) is 6.29 Å². The predicted molar refractivity (Wildman–Crippen MR) is 83.2 cm³/mol. The van der Waals surface area contributed by atoms with Crippen molar-refractivity contribution in [3.63, 3.8) is 0 Å². The number of aliphatic hydroxyl groups excluding tert-OH is 1. The minimum absolute atomic E-state index is 0.0173. The molecule has 0 fully saturated rings. The second kappa shape index (κ2) is 8.17. The average Bonchev–Trinajstić information content (AvgIpc) is 2.52. The van der Waals surface area contributed by atoms with Crippen molar-refractivity contribution in [1.29, 1.82) is 0 Å². The van der Waals surface area contributed by atoms with Crippen molar-refractivity contribution in [2.45, 2.75) is 31.5 Å². The molecule has 120 valence electrons. The van der Waals surface area contributed by atoms with E-state index in [-0.39, 0.29) is 18.3 Å². The van der Waals surface area contributed by atoms with Crippen molar-refractivity contribution in [2.75, 3.05) is 13.2 Å². The van der Waals surface area contributed by atoms with Crippen LogP contribution in [0.2, 0.25) is 5.02 Å². The molecular formula is C16H20ClNO4. The Bertz CT molecular complexity index is 529. The summed E-state index contributed by atoms with van der Waals surface area (Å²) in [7, 11) is 0. The Kier molecular flexibility index (Phi) is 6.24. The number of benzene rings is 1. The second-order valence-corrected chi connectivity index (χ2v) is 5.57. The van der Waals surface area contributed by atoms with E-state index in [9.17, 15) is 4.79 Å². The maximum atomic E-state index is 11.4. The van der Waals surface area contributed by atoms with Crippen LogP contribution in [-0.4, -0.2) is 30.5 Å². The van der Waals surface area contributed by atoms with Crippen molar-refractivity contribution < 1.29 is 19.4 Å². The standard InChI is InChI=1S/C16H20ClNO4/c17-13-5-3-11(4-6-13)12-9-14(16(18)20)22-15(10-12)21-8-2-1-7-19/h3-6,9,12,15,19H,1-2,7-8,10H2,(H2,18,20)/t12-,15+/m0/s1. The molecule has 0 spiro atoms. The maximum absolute atomic E-state index is 11.4. The lowest BCUT2D eigenvalue weighted by atomic mass is 9.93. The number of carbonyl (C=O) groups excluding carboxylic acids is 1. The van der Waals surface area contributed by atoms with Gasteiger partial charge in [-0.05, 0) is 36.6 Å². The number of halogens is 1. The Labute approximate surface area is 134 Å². The summed E-state index contributed by atoms with van der Waals surface area (Å²) in [5.41, 5.74) is 6.35. The zero-order valence-electron chi connectivity index (χ0n) is 12.2. The third-order valence-electron chi connectivity index (χ3n) is 3.45. The fourth-order valence-electron chi connectivity index (χ4n) is 2.30. The fraction of sp³-hybridized carbons (Fsp3) is 0.438. The fourth-order valence-corrected chi connectivity index (χ4v) is 2.43. The molecule has 1 amide bonds. The Hall–Kier alpha value is -1.56. The average molecular weight is 326 g/mol. The molecule has 0 radical (unpaired) electrons. The number of aliphatic hydroxyl groups is 1. The first kappa shape index (κ1) is 16.8. The molecule has 2 atom stereocenters. The SMILES string of the molecule is NC(=O)C1=C[C@H](c2ccc(Cl)cc2)C[C@H](OCCCCO)O1. The zero-order valence-corrected chi connectivity index (χ0v) is 13.0. The second-order valence-electron chi connectivity index (χ2n) is 5.14. The molecule has 1 aromatic carbocycles. The van der Waals surface area contributed by atoms with E-state index in [1.807, 2.05) is 12.1 Å².